The van der Waals surface area contributed by atoms with Gasteiger partial charge in [-0.3, -0.25) is 9.69 Å². The third-order valence-corrected chi connectivity index (χ3v) is 4.06. The number of fused-ring (bicyclic) bond motifs is 1. The van der Waals surface area contributed by atoms with Gasteiger partial charge in [-0.1, -0.05) is 18.2 Å². The van der Waals surface area contributed by atoms with Crippen LogP contribution < -0.4 is 4.90 Å². The molecule has 0 saturated carbocycles. The highest BCUT2D eigenvalue weighted by molar-refractivity contribution is 5.93. The molecule has 0 aromatic heterocycles. The summed E-state index contributed by atoms with van der Waals surface area (Å²) in [7, 11) is 2.36. The first-order chi connectivity index (χ1) is 10.4. The highest BCUT2D eigenvalue weighted by Gasteiger charge is 2.57. The van der Waals surface area contributed by atoms with E-state index in [2.05, 4.69) is 9.47 Å². The molecule has 1 aliphatic rings. The number of nitrogens with zero attached hydrogens (tertiary/aromatic N) is 2. The van der Waals surface area contributed by atoms with E-state index in [4.69, 9.17) is 0 Å². The number of ether oxygens (including phenoxy) is 2. The molecule has 0 saturated heterocycles. The molecule has 1 aromatic carbocycles. The summed E-state index contributed by atoms with van der Waals surface area (Å²) in [6.07, 6.45) is -2.20. The summed E-state index contributed by atoms with van der Waals surface area (Å²) in [6.45, 7) is 1.55. The Morgan fingerprint density at radius 3 is 2.55 bits per heavy atom. The van der Waals surface area contributed by atoms with Crippen LogP contribution in [0, 0.1) is 17.2 Å². The van der Waals surface area contributed by atoms with Crippen LogP contribution in [-0.4, -0.2) is 37.6 Å². The molecule has 7 nitrogen and oxygen atoms in total. The first-order valence-electron chi connectivity index (χ1n) is 6.55. The third-order valence-electron chi connectivity index (χ3n) is 4.06. The summed E-state index contributed by atoms with van der Waals surface area (Å²) < 4.78 is 9.34. The molecule has 1 aromatic rings. The van der Waals surface area contributed by atoms with Gasteiger partial charge in [0, 0.05) is 0 Å². The lowest BCUT2D eigenvalue weighted by molar-refractivity contribution is -0.147. The van der Waals surface area contributed by atoms with Crippen LogP contribution in [0.25, 0.3) is 0 Å². The minimum atomic E-state index is -1.43. The van der Waals surface area contributed by atoms with Crippen molar-refractivity contribution >= 4 is 17.7 Å². The van der Waals surface area contributed by atoms with Gasteiger partial charge in [-0.25, -0.2) is 4.79 Å². The van der Waals surface area contributed by atoms with Crippen molar-refractivity contribution in [3.63, 3.8) is 0 Å². The smallest absolute Gasteiger partial charge is 0.416 e. The Morgan fingerprint density at radius 1 is 1.36 bits per heavy atom. The molecule has 0 radical (unpaired) electrons. The van der Waals surface area contributed by atoms with Crippen molar-refractivity contribution in [1.29, 1.82) is 5.26 Å². The van der Waals surface area contributed by atoms with Crippen molar-refractivity contribution in [1.82, 2.24) is 0 Å². The highest BCUT2D eigenvalue weighted by Crippen LogP contribution is 2.49. The van der Waals surface area contributed by atoms with E-state index in [-0.39, 0.29) is 0 Å². The Balaban J connectivity index is 2.65. The van der Waals surface area contributed by atoms with Gasteiger partial charge in [0.2, 0.25) is 0 Å². The minimum Gasteiger partial charge on any atom is -0.468 e. The summed E-state index contributed by atoms with van der Waals surface area (Å²) in [5.41, 5.74) is -0.426. The van der Waals surface area contributed by atoms with Gasteiger partial charge >= 0.3 is 12.1 Å². The van der Waals surface area contributed by atoms with Crippen LogP contribution in [0.2, 0.25) is 0 Å². The lowest BCUT2D eigenvalue weighted by atomic mass is 9.72. The van der Waals surface area contributed by atoms with E-state index < -0.39 is 29.6 Å². The number of carbonyl (C=O) groups excluding carboxylic acids is 2. The van der Waals surface area contributed by atoms with E-state index in [1.54, 1.807) is 31.2 Å². The standard InChI is InChI=1S/C15H16N2O5/c1-15(10(8-16)12(18)21-2)9-6-4-5-7-11(9)17(13(15)19)14(20)22-3/h4-7,10,13,19H,1-3H3/t10-,13+,15+/m0/s1. The zero-order valence-electron chi connectivity index (χ0n) is 12.4. The second-order valence-electron chi connectivity index (χ2n) is 5.10. The van der Waals surface area contributed by atoms with Gasteiger partial charge in [0.15, 0.2) is 5.92 Å². The SMILES string of the molecule is COC(=O)[C@H](C#N)[C@@]1(C)c2ccccc2N(C(=O)OC)[C@@H]1O. The second kappa shape index (κ2) is 5.66. The number of esters is 1. The lowest BCUT2D eigenvalue weighted by Crippen LogP contribution is -2.51. The highest BCUT2D eigenvalue weighted by atomic mass is 16.5. The Morgan fingerprint density at radius 2 is 2.00 bits per heavy atom. The van der Waals surface area contributed by atoms with Crippen LogP contribution in [0.5, 0.6) is 0 Å². The predicted molar refractivity (Wildman–Crippen MR) is 75.8 cm³/mol. The molecule has 1 heterocycles. The average Bonchev–Trinajstić information content (AvgIpc) is 2.76. The summed E-state index contributed by atoms with van der Waals surface area (Å²) in [4.78, 5) is 24.9. The number of rotatable bonds is 2. The average molecular weight is 304 g/mol. The summed E-state index contributed by atoms with van der Waals surface area (Å²) in [6, 6.07) is 8.54. The number of para-hydroxylation sites is 1. The molecule has 0 unspecified atom stereocenters. The maximum atomic E-state index is 12.0. The van der Waals surface area contributed by atoms with Gasteiger partial charge in [-0.15, -0.1) is 0 Å². The van der Waals surface area contributed by atoms with Crippen molar-refractivity contribution in [2.24, 2.45) is 5.92 Å². The van der Waals surface area contributed by atoms with E-state index in [1.807, 2.05) is 6.07 Å². The summed E-state index contributed by atoms with van der Waals surface area (Å²) in [5, 5.41) is 20.0. The monoisotopic (exact) mass is 304 g/mol. The van der Waals surface area contributed by atoms with Gasteiger partial charge in [-0.2, -0.15) is 5.26 Å². The number of hydrogen-bond acceptors (Lipinski definition) is 6. The molecule has 0 spiro atoms. The third kappa shape index (κ3) is 2.00. The zero-order chi connectivity index (χ0) is 16.5. The molecular formula is C15H16N2O5. The van der Waals surface area contributed by atoms with Crippen molar-refractivity contribution < 1.29 is 24.2 Å². The lowest BCUT2D eigenvalue weighted by Gasteiger charge is -2.33. The predicted octanol–water partition coefficient (Wildman–Crippen LogP) is 1.16. The number of methoxy groups -OCH3 is 2. The molecule has 1 amide bonds. The van der Waals surface area contributed by atoms with Gasteiger partial charge in [-0.05, 0) is 18.6 Å². The van der Waals surface area contributed by atoms with Crippen molar-refractivity contribution in [2.45, 2.75) is 18.6 Å². The van der Waals surface area contributed by atoms with Crippen LogP contribution in [0.1, 0.15) is 12.5 Å². The van der Waals surface area contributed by atoms with Crippen molar-refractivity contribution in [3.8, 4) is 6.07 Å². The minimum absolute atomic E-state index is 0.397. The fourth-order valence-electron chi connectivity index (χ4n) is 2.83. The number of benzene rings is 1. The molecular weight excluding hydrogens is 288 g/mol. The largest absolute Gasteiger partial charge is 0.468 e. The van der Waals surface area contributed by atoms with Gasteiger partial charge in [0.05, 0.1) is 31.4 Å². The Labute approximate surface area is 127 Å². The van der Waals surface area contributed by atoms with E-state index in [0.29, 0.717) is 11.3 Å². The van der Waals surface area contributed by atoms with Crippen molar-refractivity contribution in [2.75, 3.05) is 19.1 Å². The van der Waals surface area contributed by atoms with Crippen LogP contribution in [0.3, 0.4) is 0 Å². The van der Waals surface area contributed by atoms with Crippen LogP contribution in [-0.2, 0) is 19.7 Å². The van der Waals surface area contributed by atoms with Gasteiger partial charge in [0.1, 0.15) is 6.23 Å². The first-order valence-corrected chi connectivity index (χ1v) is 6.55. The topological polar surface area (TPSA) is 99.9 Å². The van der Waals surface area contributed by atoms with Gasteiger partial charge < -0.3 is 14.6 Å². The van der Waals surface area contributed by atoms with Crippen LogP contribution >= 0.6 is 0 Å². The Bertz CT molecular complexity index is 654. The van der Waals surface area contributed by atoms with Crippen molar-refractivity contribution in [3.05, 3.63) is 29.8 Å². The molecule has 1 aliphatic heterocycles. The molecule has 7 heteroatoms. The Hall–Kier alpha value is -2.59. The number of hydrogen-bond donors (Lipinski definition) is 1. The molecule has 0 fully saturated rings. The number of anilines is 1. The molecule has 116 valence electrons. The number of amides is 1. The van der Waals surface area contributed by atoms with E-state index >= 15 is 0 Å². The maximum absolute atomic E-state index is 12.0. The number of aliphatic hydroxyl groups excluding tert-OH is 1. The fraction of sp³-hybridized carbons (Fsp3) is 0.400. The first kappa shape index (κ1) is 15.8. The summed E-state index contributed by atoms with van der Waals surface area (Å²) >= 11 is 0. The number of aliphatic hydroxyl groups is 1. The molecule has 0 bridgehead atoms. The van der Waals surface area contributed by atoms with Crippen LogP contribution in [0.4, 0.5) is 10.5 Å². The number of carbonyl (C=O) groups is 2. The maximum Gasteiger partial charge on any atom is 0.416 e. The second-order valence-corrected chi connectivity index (χ2v) is 5.10. The van der Waals surface area contributed by atoms with E-state index in [0.717, 1.165) is 4.90 Å². The Kier molecular flexibility index (Phi) is 4.06. The molecule has 22 heavy (non-hydrogen) atoms. The fourth-order valence-corrected chi connectivity index (χ4v) is 2.83. The van der Waals surface area contributed by atoms with Crippen LogP contribution in [0.15, 0.2) is 24.3 Å². The molecule has 3 atom stereocenters. The molecule has 1 N–H and O–H groups in total. The van der Waals surface area contributed by atoms with E-state index in [1.165, 1.54) is 14.2 Å². The number of nitriles is 1. The quantitative estimate of drug-likeness (QED) is 0.823. The zero-order valence-corrected chi connectivity index (χ0v) is 12.4. The molecule has 0 aliphatic carbocycles. The van der Waals surface area contributed by atoms with E-state index in [9.17, 15) is 20.0 Å². The normalized spacial score (nSPS) is 24.1. The summed E-state index contributed by atoms with van der Waals surface area (Å²) in [5.74, 6) is -2.05. The molecule has 2 rings (SSSR count). The van der Waals surface area contributed by atoms with Gasteiger partial charge in [0.25, 0.3) is 0 Å².